The molecule has 0 bridgehead atoms. The Kier molecular flexibility index (Phi) is 2.35. The molecule has 8 heavy (non-hydrogen) atoms. The van der Waals surface area contributed by atoms with E-state index in [1.807, 2.05) is 5.32 Å². The van der Waals surface area contributed by atoms with Crippen LogP contribution in [0.25, 0.3) is 0 Å². The highest BCUT2D eigenvalue weighted by Crippen LogP contribution is 1.82. The molecule has 1 amide bonds. The molecule has 0 aromatic rings. The van der Waals surface area contributed by atoms with E-state index in [1.54, 1.807) is 0 Å². The van der Waals surface area contributed by atoms with Crippen LogP contribution < -0.4 is 5.32 Å². The lowest BCUT2D eigenvalue weighted by atomic mass is 10.3. The molecule has 0 aliphatic rings. The van der Waals surface area contributed by atoms with Gasteiger partial charge in [0.05, 0.1) is 0 Å². The Balaban J connectivity index is 3.71. The fourth-order valence-electron chi connectivity index (χ4n) is 0.157. The lowest BCUT2D eigenvalue weighted by molar-refractivity contribution is -0.116. The summed E-state index contributed by atoms with van der Waals surface area (Å²) in [5.41, 5.74) is 0.339. The first-order valence-electron chi connectivity index (χ1n) is 2.03. The molecule has 0 radical (unpaired) electrons. The van der Waals surface area contributed by atoms with Gasteiger partial charge in [0.25, 0.3) is 5.91 Å². The van der Waals surface area contributed by atoms with E-state index in [1.165, 1.54) is 13.1 Å². The highest BCUT2D eigenvalue weighted by molar-refractivity contribution is 5.92. The van der Waals surface area contributed by atoms with Crippen molar-refractivity contribution in [2.24, 2.45) is 0 Å². The van der Waals surface area contributed by atoms with Crippen molar-refractivity contribution in [3.05, 3.63) is 12.2 Å². The van der Waals surface area contributed by atoms with Gasteiger partial charge in [0.15, 0.2) is 6.19 Å². The van der Waals surface area contributed by atoms with Crippen LogP contribution >= 0.6 is 0 Å². The summed E-state index contributed by atoms with van der Waals surface area (Å²) < 4.78 is 0. The van der Waals surface area contributed by atoms with Crippen LogP contribution in [0.1, 0.15) is 6.92 Å². The molecule has 3 nitrogen and oxygen atoms in total. The first-order chi connectivity index (χ1) is 3.68. The normalized spacial score (nSPS) is 7.00. The zero-order chi connectivity index (χ0) is 6.57. The van der Waals surface area contributed by atoms with E-state index in [9.17, 15) is 4.79 Å². The van der Waals surface area contributed by atoms with E-state index in [4.69, 9.17) is 5.26 Å². The van der Waals surface area contributed by atoms with E-state index in [2.05, 4.69) is 6.58 Å². The summed E-state index contributed by atoms with van der Waals surface area (Å²) in [6, 6.07) is 0. The molecule has 0 unspecified atom stereocenters. The molecule has 0 saturated carbocycles. The molecule has 0 atom stereocenters. The third-order valence-corrected chi connectivity index (χ3v) is 0.557. The number of nitriles is 1. The molecule has 0 aromatic carbocycles. The zero-order valence-corrected chi connectivity index (χ0v) is 4.56. The first-order valence-corrected chi connectivity index (χ1v) is 2.03. The number of nitrogens with one attached hydrogen (secondary N) is 1. The fourth-order valence-corrected chi connectivity index (χ4v) is 0.157. The minimum Gasteiger partial charge on any atom is -0.269 e. The summed E-state index contributed by atoms with van der Waals surface area (Å²) in [7, 11) is 0. The Morgan fingerprint density at radius 2 is 2.38 bits per heavy atom. The summed E-state index contributed by atoms with van der Waals surface area (Å²) >= 11 is 0. The summed E-state index contributed by atoms with van der Waals surface area (Å²) in [5.74, 6) is -0.424. The van der Waals surface area contributed by atoms with Crippen LogP contribution in [0, 0.1) is 11.5 Å². The Hall–Kier alpha value is -1.30. The van der Waals surface area contributed by atoms with Crippen LogP contribution in [-0.2, 0) is 4.79 Å². The molecule has 0 aliphatic carbocycles. The van der Waals surface area contributed by atoms with Gasteiger partial charge < -0.3 is 0 Å². The lowest BCUT2D eigenvalue weighted by Gasteiger charge is -1.89. The SMILES string of the molecule is C=C(C)C(=O)NC#N. The van der Waals surface area contributed by atoms with Crippen LogP contribution in [0.4, 0.5) is 0 Å². The number of carbonyl (C=O) groups is 1. The van der Waals surface area contributed by atoms with Gasteiger partial charge in [0, 0.05) is 5.57 Å². The summed E-state index contributed by atoms with van der Waals surface area (Å²) in [6.07, 6.45) is 1.49. The van der Waals surface area contributed by atoms with Crippen molar-refractivity contribution in [1.29, 1.82) is 5.26 Å². The van der Waals surface area contributed by atoms with E-state index in [0.717, 1.165) is 0 Å². The second kappa shape index (κ2) is 2.80. The van der Waals surface area contributed by atoms with Gasteiger partial charge >= 0.3 is 0 Å². The minimum absolute atomic E-state index is 0.339. The largest absolute Gasteiger partial charge is 0.269 e. The van der Waals surface area contributed by atoms with Crippen molar-refractivity contribution in [1.82, 2.24) is 5.32 Å². The molecule has 0 saturated heterocycles. The van der Waals surface area contributed by atoms with Crippen molar-refractivity contribution < 1.29 is 4.79 Å². The molecule has 1 N–H and O–H groups in total. The van der Waals surface area contributed by atoms with E-state index in [0.29, 0.717) is 5.57 Å². The number of carbonyl (C=O) groups excluding carboxylic acids is 1. The number of hydrogen-bond acceptors (Lipinski definition) is 2. The summed E-state index contributed by atoms with van der Waals surface area (Å²) in [4.78, 5) is 10.3. The summed E-state index contributed by atoms with van der Waals surface area (Å²) in [5, 5.41) is 9.77. The van der Waals surface area contributed by atoms with E-state index in [-0.39, 0.29) is 0 Å². The van der Waals surface area contributed by atoms with Gasteiger partial charge in [0.2, 0.25) is 0 Å². The molecule has 0 aromatic heterocycles. The zero-order valence-electron chi connectivity index (χ0n) is 4.56. The van der Waals surface area contributed by atoms with Gasteiger partial charge in [0.1, 0.15) is 0 Å². The molecule has 0 spiro atoms. The van der Waals surface area contributed by atoms with E-state index >= 15 is 0 Å². The van der Waals surface area contributed by atoms with Crippen molar-refractivity contribution in [2.75, 3.05) is 0 Å². The second-order valence-corrected chi connectivity index (χ2v) is 1.35. The fraction of sp³-hybridized carbons (Fsp3) is 0.200. The molecule has 42 valence electrons. The molecule has 0 aliphatic heterocycles. The number of nitrogens with zero attached hydrogens (tertiary/aromatic N) is 1. The monoisotopic (exact) mass is 110 g/mol. The number of rotatable bonds is 1. The standard InChI is InChI=1S/C5H6N2O/c1-4(2)5(8)7-3-6/h1H2,2H3,(H,7,8). The van der Waals surface area contributed by atoms with Crippen LogP contribution in [-0.4, -0.2) is 5.91 Å². The number of hydrogen-bond donors (Lipinski definition) is 1. The Bertz CT molecular complexity index is 154. The van der Waals surface area contributed by atoms with Gasteiger partial charge in [-0.05, 0) is 6.92 Å². The smallest absolute Gasteiger partial charge is 0.259 e. The average molecular weight is 110 g/mol. The van der Waals surface area contributed by atoms with Crippen LogP contribution in [0.15, 0.2) is 12.2 Å². The van der Waals surface area contributed by atoms with Crippen LogP contribution in [0.2, 0.25) is 0 Å². The highest BCUT2D eigenvalue weighted by Gasteiger charge is 1.95. The maximum atomic E-state index is 10.3. The van der Waals surface area contributed by atoms with Gasteiger partial charge in [-0.25, -0.2) is 0 Å². The Morgan fingerprint density at radius 3 is 2.50 bits per heavy atom. The van der Waals surface area contributed by atoms with Crippen LogP contribution in [0.5, 0.6) is 0 Å². The predicted octanol–water partition coefficient (Wildman–Crippen LogP) is 0.160. The van der Waals surface area contributed by atoms with Gasteiger partial charge in [-0.3, -0.25) is 10.1 Å². The average Bonchev–Trinajstić information content (AvgIpc) is 1.67. The quantitative estimate of drug-likeness (QED) is 0.297. The summed E-state index contributed by atoms with van der Waals surface area (Å²) in [6.45, 7) is 4.84. The minimum atomic E-state index is -0.424. The first kappa shape index (κ1) is 6.70. The molecule has 0 fully saturated rings. The van der Waals surface area contributed by atoms with Crippen molar-refractivity contribution in [3.8, 4) is 6.19 Å². The highest BCUT2D eigenvalue weighted by atomic mass is 16.1. The van der Waals surface area contributed by atoms with Crippen LogP contribution in [0.3, 0.4) is 0 Å². The third-order valence-electron chi connectivity index (χ3n) is 0.557. The van der Waals surface area contributed by atoms with Crippen molar-refractivity contribution in [2.45, 2.75) is 6.92 Å². The predicted molar refractivity (Wildman–Crippen MR) is 28.6 cm³/mol. The maximum Gasteiger partial charge on any atom is 0.259 e. The van der Waals surface area contributed by atoms with Crippen molar-refractivity contribution in [3.63, 3.8) is 0 Å². The third kappa shape index (κ3) is 1.98. The second-order valence-electron chi connectivity index (χ2n) is 1.35. The molecule has 0 rings (SSSR count). The van der Waals surface area contributed by atoms with Gasteiger partial charge in [-0.15, -0.1) is 0 Å². The van der Waals surface area contributed by atoms with Gasteiger partial charge in [-0.1, -0.05) is 6.58 Å². The van der Waals surface area contributed by atoms with Crippen molar-refractivity contribution >= 4 is 5.91 Å². The number of amides is 1. The lowest BCUT2D eigenvalue weighted by Crippen LogP contribution is -2.17. The van der Waals surface area contributed by atoms with E-state index < -0.39 is 5.91 Å². The van der Waals surface area contributed by atoms with Gasteiger partial charge in [-0.2, -0.15) is 5.26 Å². The molecule has 3 heteroatoms. The molecular formula is C5H6N2O. The molecular weight excluding hydrogens is 104 g/mol. The maximum absolute atomic E-state index is 10.3. The Morgan fingerprint density at radius 1 is 1.88 bits per heavy atom. The Labute approximate surface area is 47.6 Å². The topological polar surface area (TPSA) is 52.9 Å². The molecule has 0 heterocycles.